The molecule has 0 saturated carbocycles. The number of aryl methyl sites for hydroxylation is 2. The monoisotopic (exact) mass is 259 g/mol. The first-order chi connectivity index (χ1) is 9.10. The number of nitrogens with zero attached hydrogens (tertiary/aromatic N) is 3. The Morgan fingerprint density at radius 2 is 1.95 bits per heavy atom. The fraction of sp³-hybridized carbons (Fsp3) is 0.467. The lowest BCUT2D eigenvalue weighted by Gasteiger charge is -2.23. The van der Waals surface area contributed by atoms with Gasteiger partial charge in [0.05, 0.1) is 6.54 Å². The van der Waals surface area contributed by atoms with Crippen molar-refractivity contribution < 1.29 is 4.52 Å². The standard InChI is InChI=1S/C15H21N3O/c1-5-14-16-15(19-17-14)10-18(4)12(3)13-8-6-11(2)7-9-13/h6-9,12H,5,10H2,1-4H3. The summed E-state index contributed by atoms with van der Waals surface area (Å²) in [6.07, 6.45) is 0.806. The summed E-state index contributed by atoms with van der Waals surface area (Å²) in [5.74, 6) is 1.45. The van der Waals surface area contributed by atoms with Gasteiger partial charge >= 0.3 is 0 Å². The fourth-order valence-corrected chi connectivity index (χ4v) is 1.95. The minimum atomic E-state index is 0.317. The molecule has 0 radical (unpaired) electrons. The largest absolute Gasteiger partial charge is 0.338 e. The second kappa shape index (κ2) is 5.97. The van der Waals surface area contributed by atoms with Gasteiger partial charge in [-0.2, -0.15) is 4.98 Å². The Kier molecular flexibility index (Phi) is 4.32. The highest BCUT2D eigenvalue weighted by atomic mass is 16.5. The Morgan fingerprint density at radius 3 is 2.53 bits per heavy atom. The average Bonchev–Trinajstić information content (AvgIpc) is 2.86. The zero-order chi connectivity index (χ0) is 13.8. The molecule has 0 aliphatic heterocycles. The van der Waals surface area contributed by atoms with Crippen molar-refractivity contribution in [2.24, 2.45) is 0 Å². The van der Waals surface area contributed by atoms with Crippen LogP contribution in [0.25, 0.3) is 0 Å². The Hall–Kier alpha value is -1.68. The first kappa shape index (κ1) is 13.7. The van der Waals surface area contributed by atoms with Gasteiger partial charge in [0.2, 0.25) is 5.89 Å². The van der Waals surface area contributed by atoms with Crippen LogP contribution in [0, 0.1) is 6.92 Å². The van der Waals surface area contributed by atoms with E-state index in [1.54, 1.807) is 0 Å². The van der Waals surface area contributed by atoms with Crippen LogP contribution < -0.4 is 0 Å². The summed E-state index contributed by atoms with van der Waals surface area (Å²) >= 11 is 0. The molecule has 1 aromatic heterocycles. The van der Waals surface area contributed by atoms with Crippen LogP contribution >= 0.6 is 0 Å². The molecule has 2 rings (SSSR count). The number of aromatic nitrogens is 2. The Morgan fingerprint density at radius 1 is 1.26 bits per heavy atom. The Balaban J connectivity index is 2.02. The summed E-state index contributed by atoms with van der Waals surface area (Å²) in [7, 11) is 2.07. The third-order valence-electron chi connectivity index (χ3n) is 3.43. The molecule has 2 aromatic rings. The van der Waals surface area contributed by atoms with Gasteiger partial charge in [0.15, 0.2) is 5.82 Å². The van der Waals surface area contributed by atoms with Crippen LogP contribution in [0.1, 0.15) is 42.7 Å². The first-order valence-electron chi connectivity index (χ1n) is 6.68. The van der Waals surface area contributed by atoms with Crippen molar-refractivity contribution in [3.8, 4) is 0 Å². The molecule has 1 unspecified atom stereocenters. The third kappa shape index (κ3) is 3.41. The lowest BCUT2D eigenvalue weighted by atomic mass is 10.1. The second-order valence-corrected chi connectivity index (χ2v) is 4.96. The molecule has 0 fully saturated rings. The van der Waals surface area contributed by atoms with Crippen molar-refractivity contribution in [1.29, 1.82) is 0 Å². The molecule has 4 heteroatoms. The predicted octanol–water partition coefficient (Wildman–Crippen LogP) is 3.13. The molecule has 19 heavy (non-hydrogen) atoms. The Labute approximate surface area is 114 Å². The van der Waals surface area contributed by atoms with E-state index in [0.717, 1.165) is 12.2 Å². The van der Waals surface area contributed by atoms with Crippen LogP contribution in [0.5, 0.6) is 0 Å². The van der Waals surface area contributed by atoms with Gasteiger partial charge in [0, 0.05) is 12.5 Å². The van der Waals surface area contributed by atoms with Gasteiger partial charge in [-0.1, -0.05) is 41.9 Å². The van der Waals surface area contributed by atoms with Gasteiger partial charge < -0.3 is 4.52 Å². The second-order valence-electron chi connectivity index (χ2n) is 4.96. The van der Waals surface area contributed by atoms with E-state index in [0.29, 0.717) is 18.5 Å². The zero-order valence-electron chi connectivity index (χ0n) is 12.1. The molecule has 0 aliphatic rings. The van der Waals surface area contributed by atoms with Crippen LogP contribution in [0.15, 0.2) is 28.8 Å². The predicted molar refractivity (Wildman–Crippen MR) is 74.7 cm³/mol. The van der Waals surface area contributed by atoms with Crippen molar-refractivity contribution in [3.63, 3.8) is 0 Å². The van der Waals surface area contributed by atoms with Gasteiger partial charge in [-0.05, 0) is 26.5 Å². The van der Waals surface area contributed by atoms with E-state index in [-0.39, 0.29) is 0 Å². The maximum Gasteiger partial charge on any atom is 0.240 e. The van der Waals surface area contributed by atoms with Crippen LogP contribution in [0.4, 0.5) is 0 Å². The molecule has 0 saturated heterocycles. The molecule has 1 atom stereocenters. The summed E-state index contributed by atoms with van der Waals surface area (Å²) in [5.41, 5.74) is 2.58. The number of benzene rings is 1. The van der Waals surface area contributed by atoms with Crippen LogP contribution in [-0.2, 0) is 13.0 Å². The number of rotatable bonds is 5. The van der Waals surface area contributed by atoms with Gasteiger partial charge in [-0.3, -0.25) is 4.90 Å². The molecule has 0 bridgehead atoms. The molecule has 0 N–H and O–H groups in total. The highest BCUT2D eigenvalue weighted by Crippen LogP contribution is 2.20. The minimum Gasteiger partial charge on any atom is -0.338 e. The minimum absolute atomic E-state index is 0.317. The van der Waals surface area contributed by atoms with E-state index < -0.39 is 0 Å². The van der Waals surface area contributed by atoms with E-state index in [2.05, 4.69) is 60.2 Å². The van der Waals surface area contributed by atoms with Crippen LogP contribution in [0.3, 0.4) is 0 Å². The van der Waals surface area contributed by atoms with Crippen molar-refractivity contribution in [3.05, 3.63) is 47.1 Å². The average molecular weight is 259 g/mol. The van der Waals surface area contributed by atoms with Gasteiger partial charge in [0.25, 0.3) is 0 Å². The molecule has 1 aromatic carbocycles. The lowest BCUT2D eigenvalue weighted by molar-refractivity contribution is 0.216. The molecule has 4 nitrogen and oxygen atoms in total. The summed E-state index contributed by atoms with van der Waals surface area (Å²) in [6, 6.07) is 8.93. The highest BCUT2D eigenvalue weighted by Gasteiger charge is 2.15. The van der Waals surface area contributed by atoms with Crippen LogP contribution in [-0.4, -0.2) is 22.1 Å². The van der Waals surface area contributed by atoms with Gasteiger partial charge in [0.1, 0.15) is 0 Å². The molecular formula is C15H21N3O. The van der Waals surface area contributed by atoms with Gasteiger partial charge in [-0.15, -0.1) is 0 Å². The van der Waals surface area contributed by atoms with Crippen molar-refractivity contribution in [2.75, 3.05) is 7.05 Å². The van der Waals surface area contributed by atoms with E-state index in [1.807, 2.05) is 6.92 Å². The van der Waals surface area contributed by atoms with E-state index in [9.17, 15) is 0 Å². The van der Waals surface area contributed by atoms with E-state index >= 15 is 0 Å². The van der Waals surface area contributed by atoms with Crippen LogP contribution in [0.2, 0.25) is 0 Å². The smallest absolute Gasteiger partial charge is 0.240 e. The van der Waals surface area contributed by atoms with Gasteiger partial charge in [-0.25, -0.2) is 0 Å². The van der Waals surface area contributed by atoms with E-state index in [1.165, 1.54) is 11.1 Å². The van der Waals surface area contributed by atoms with E-state index in [4.69, 9.17) is 4.52 Å². The summed E-state index contributed by atoms with van der Waals surface area (Å²) in [4.78, 5) is 6.55. The zero-order valence-corrected chi connectivity index (χ0v) is 12.1. The van der Waals surface area contributed by atoms with Crippen molar-refractivity contribution >= 4 is 0 Å². The van der Waals surface area contributed by atoms with Crippen molar-refractivity contribution in [1.82, 2.24) is 15.0 Å². The first-order valence-corrected chi connectivity index (χ1v) is 6.68. The number of hydrogen-bond acceptors (Lipinski definition) is 4. The number of hydrogen-bond donors (Lipinski definition) is 0. The maximum atomic E-state index is 5.23. The topological polar surface area (TPSA) is 42.2 Å². The molecule has 102 valence electrons. The lowest BCUT2D eigenvalue weighted by Crippen LogP contribution is -2.22. The molecule has 1 heterocycles. The SMILES string of the molecule is CCc1noc(CN(C)C(C)c2ccc(C)cc2)n1. The molecule has 0 amide bonds. The molecule has 0 aliphatic carbocycles. The normalized spacial score (nSPS) is 12.9. The molecule has 0 spiro atoms. The Bertz CT molecular complexity index is 518. The fourth-order valence-electron chi connectivity index (χ4n) is 1.95. The summed E-state index contributed by atoms with van der Waals surface area (Å²) in [5, 5.41) is 3.92. The van der Waals surface area contributed by atoms with Crippen molar-refractivity contribution in [2.45, 2.75) is 39.8 Å². The third-order valence-corrected chi connectivity index (χ3v) is 3.43. The molecular weight excluding hydrogens is 238 g/mol. The summed E-state index contributed by atoms with van der Waals surface area (Å²) < 4.78 is 5.23. The summed E-state index contributed by atoms with van der Waals surface area (Å²) in [6.45, 7) is 6.97. The highest BCUT2D eigenvalue weighted by molar-refractivity contribution is 5.23. The quantitative estimate of drug-likeness (QED) is 0.827. The maximum absolute atomic E-state index is 5.23.